The summed E-state index contributed by atoms with van der Waals surface area (Å²) in [5.41, 5.74) is 0. The zero-order valence-electron chi connectivity index (χ0n) is 6.23. The van der Waals surface area contributed by atoms with Crippen LogP contribution in [0.5, 0.6) is 0 Å². The molecule has 0 bridgehead atoms. The van der Waals surface area contributed by atoms with Gasteiger partial charge >= 0.3 is 5.97 Å². The van der Waals surface area contributed by atoms with Crippen LogP contribution >= 0.6 is 0 Å². The van der Waals surface area contributed by atoms with Crippen molar-refractivity contribution in [1.82, 2.24) is 0 Å². The van der Waals surface area contributed by atoms with E-state index in [0.717, 1.165) is 0 Å². The van der Waals surface area contributed by atoms with Crippen LogP contribution in [0.15, 0.2) is 12.2 Å². The highest BCUT2D eigenvalue weighted by atomic mass is 16.4. The molecule has 0 amide bonds. The second-order valence-electron chi connectivity index (χ2n) is 2.83. The number of aliphatic hydroxyl groups excluding tert-OH is 1. The molecule has 1 rings (SSSR count). The Morgan fingerprint density at radius 1 is 1.45 bits per heavy atom. The summed E-state index contributed by atoms with van der Waals surface area (Å²) in [5, 5.41) is 17.5. The molecule has 2 N–H and O–H groups in total. The van der Waals surface area contributed by atoms with Gasteiger partial charge < -0.3 is 10.2 Å². The summed E-state index contributed by atoms with van der Waals surface area (Å²) in [6.07, 6.45) is 5.04. The van der Waals surface area contributed by atoms with Gasteiger partial charge in [-0.15, -0.1) is 0 Å². The van der Waals surface area contributed by atoms with Crippen LogP contribution in [-0.2, 0) is 4.79 Å². The monoisotopic (exact) mass is 156 g/mol. The van der Waals surface area contributed by atoms with E-state index < -0.39 is 5.97 Å². The van der Waals surface area contributed by atoms with Gasteiger partial charge in [-0.3, -0.25) is 4.79 Å². The normalized spacial score (nSPS) is 30.3. The molecule has 0 spiro atoms. The summed E-state index contributed by atoms with van der Waals surface area (Å²) >= 11 is 0. The smallest absolute Gasteiger partial charge is 0.307 e. The second kappa shape index (κ2) is 3.53. The predicted molar refractivity (Wildman–Crippen MR) is 40.1 cm³/mol. The summed E-state index contributed by atoms with van der Waals surface area (Å²) in [5.74, 6) is -1.27. The molecular weight excluding hydrogens is 144 g/mol. The van der Waals surface area contributed by atoms with E-state index in [1.54, 1.807) is 0 Å². The standard InChI is InChI=1S/C8H12O3/c9-5-6-3-1-2-4-7(6)8(10)11/h1-2,6-7,9H,3-5H2,(H,10,11)/t6-,7-/m1/s1. The van der Waals surface area contributed by atoms with Crippen molar-refractivity contribution in [2.45, 2.75) is 12.8 Å². The van der Waals surface area contributed by atoms with Gasteiger partial charge in [0.15, 0.2) is 0 Å². The van der Waals surface area contributed by atoms with E-state index in [1.165, 1.54) is 0 Å². The van der Waals surface area contributed by atoms with Crippen molar-refractivity contribution < 1.29 is 15.0 Å². The lowest BCUT2D eigenvalue weighted by atomic mass is 9.84. The van der Waals surface area contributed by atoms with Gasteiger partial charge in [0.2, 0.25) is 0 Å². The van der Waals surface area contributed by atoms with E-state index in [4.69, 9.17) is 10.2 Å². The molecule has 0 heterocycles. The maximum absolute atomic E-state index is 10.6. The van der Waals surface area contributed by atoms with Crippen molar-refractivity contribution in [2.24, 2.45) is 11.8 Å². The summed E-state index contributed by atoms with van der Waals surface area (Å²) in [4.78, 5) is 10.6. The molecule has 1 aliphatic carbocycles. The van der Waals surface area contributed by atoms with Crippen molar-refractivity contribution in [3.63, 3.8) is 0 Å². The first-order valence-corrected chi connectivity index (χ1v) is 3.74. The second-order valence-corrected chi connectivity index (χ2v) is 2.83. The Labute approximate surface area is 65.3 Å². The van der Waals surface area contributed by atoms with E-state index in [1.807, 2.05) is 12.2 Å². The number of aliphatic carboxylic acids is 1. The lowest BCUT2D eigenvalue weighted by Crippen LogP contribution is -2.27. The van der Waals surface area contributed by atoms with Crippen molar-refractivity contribution in [3.8, 4) is 0 Å². The molecule has 0 radical (unpaired) electrons. The van der Waals surface area contributed by atoms with E-state index >= 15 is 0 Å². The Bertz CT molecular complexity index is 174. The molecule has 0 aliphatic heterocycles. The number of rotatable bonds is 2. The Balaban J connectivity index is 2.61. The predicted octanol–water partition coefficient (Wildman–Crippen LogP) is 0.646. The van der Waals surface area contributed by atoms with Gasteiger partial charge in [0.1, 0.15) is 0 Å². The Morgan fingerprint density at radius 3 is 2.55 bits per heavy atom. The number of aliphatic hydroxyl groups is 1. The van der Waals surface area contributed by atoms with Gasteiger partial charge in [-0.05, 0) is 18.8 Å². The van der Waals surface area contributed by atoms with E-state index in [2.05, 4.69) is 0 Å². The van der Waals surface area contributed by atoms with Crippen LogP contribution in [0.2, 0.25) is 0 Å². The topological polar surface area (TPSA) is 57.5 Å². The molecule has 11 heavy (non-hydrogen) atoms. The first-order chi connectivity index (χ1) is 5.25. The fourth-order valence-corrected chi connectivity index (χ4v) is 1.37. The fraction of sp³-hybridized carbons (Fsp3) is 0.625. The molecule has 2 atom stereocenters. The summed E-state index contributed by atoms with van der Waals surface area (Å²) in [7, 11) is 0. The lowest BCUT2D eigenvalue weighted by molar-refractivity contribution is -0.144. The van der Waals surface area contributed by atoms with Gasteiger partial charge in [-0.1, -0.05) is 12.2 Å². The molecule has 3 nitrogen and oxygen atoms in total. The van der Waals surface area contributed by atoms with Crippen LogP contribution in [0.1, 0.15) is 12.8 Å². The number of allylic oxidation sites excluding steroid dienone is 2. The van der Waals surface area contributed by atoms with Crippen LogP contribution in [0.3, 0.4) is 0 Å². The highest BCUT2D eigenvalue weighted by Gasteiger charge is 2.27. The number of carboxylic acids is 1. The number of hydrogen-bond acceptors (Lipinski definition) is 2. The SMILES string of the molecule is O=C(O)[C@@H]1CC=CC[C@@H]1CO. The maximum Gasteiger partial charge on any atom is 0.307 e. The number of hydrogen-bond donors (Lipinski definition) is 2. The van der Waals surface area contributed by atoms with Crippen LogP contribution < -0.4 is 0 Å². The van der Waals surface area contributed by atoms with Gasteiger partial charge in [0, 0.05) is 6.61 Å². The molecule has 0 aromatic heterocycles. The van der Waals surface area contributed by atoms with Crippen molar-refractivity contribution in [1.29, 1.82) is 0 Å². The van der Waals surface area contributed by atoms with E-state index in [0.29, 0.717) is 12.8 Å². The lowest BCUT2D eigenvalue weighted by Gasteiger charge is -2.22. The molecule has 0 unspecified atom stereocenters. The number of carboxylic acid groups (broad SMARTS) is 1. The van der Waals surface area contributed by atoms with Crippen molar-refractivity contribution >= 4 is 5.97 Å². The van der Waals surface area contributed by atoms with Crippen LogP contribution in [-0.4, -0.2) is 22.8 Å². The highest BCUT2D eigenvalue weighted by molar-refractivity contribution is 5.70. The van der Waals surface area contributed by atoms with Gasteiger partial charge in [-0.25, -0.2) is 0 Å². The minimum atomic E-state index is -0.798. The molecule has 0 aromatic carbocycles. The third kappa shape index (κ3) is 1.80. The zero-order chi connectivity index (χ0) is 8.27. The molecule has 0 saturated carbocycles. The minimum Gasteiger partial charge on any atom is -0.481 e. The third-order valence-corrected chi connectivity index (χ3v) is 2.12. The first kappa shape index (κ1) is 8.27. The average molecular weight is 156 g/mol. The Hall–Kier alpha value is -0.830. The van der Waals surface area contributed by atoms with Crippen molar-refractivity contribution in [2.75, 3.05) is 6.61 Å². The van der Waals surface area contributed by atoms with E-state index in [9.17, 15) is 4.79 Å². The largest absolute Gasteiger partial charge is 0.481 e. The quantitative estimate of drug-likeness (QED) is 0.577. The summed E-state index contributed by atoms with van der Waals surface area (Å²) in [6, 6.07) is 0. The summed E-state index contributed by atoms with van der Waals surface area (Å²) < 4.78 is 0. The fourth-order valence-electron chi connectivity index (χ4n) is 1.37. The van der Waals surface area contributed by atoms with Gasteiger partial charge in [0.25, 0.3) is 0 Å². The number of carbonyl (C=O) groups is 1. The Kier molecular flexibility index (Phi) is 2.65. The highest BCUT2D eigenvalue weighted by Crippen LogP contribution is 2.24. The van der Waals surface area contributed by atoms with Gasteiger partial charge in [-0.2, -0.15) is 0 Å². The average Bonchev–Trinajstić information content (AvgIpc) is 2.04. The molecule has 0 saturated heterocycles. The Morgan fingerprint density at radius 2 is 2.09 bits per heavy atom. The third-order valence-electron chi connectivity index (χ3n) is 2.12. The van der Waals surface area contributed by atoms with E-state index in [-0.39, 0.29) is 18.4 Å². The molecule has 0 fully saturated rings. The first-order valence-electron chi connectivity index (χ1n) is 3.74. The van der Waals surface area contributed by atoms with Gasteiger partial charge in [0.05, 0.1) is 5.92 Å². The van der Waals surface area contributed by atoms with Crippen LogP contribution in [0.25, 0.3) is 0 Å². The van der Waals surface area contributed by atoms with Crippen LogP contribution in [0, 0.1) is 11.8 Å². The maximum atomic E-state index is 10.6. The molecule has 0 aromatic rings. The summed E-state index contributed by atoms with van der Waals surface area (Å²) in [6.45, 7) is -0.0265. The van der Waals surface area contributed by atoms with Crippen molar-refractivity contribution in [3.05, 3.63) is 12.2 Å². The van der Waals surface area contributed by atoms with Crippen LogP contribution in [0.4, 0.5) is 0 Å². The minimum absolute atomic E-state index is 0.0265. The molecule has 62 valence electrons. The molecular formula is C8H12O3. The molecule has 1 aliphatic rings. The molecule has 3 heteroatoms. The zero-order valence-corrected chi connectivity index (χ0v) is 6.23.